The van der Waals surface area contributed by atoms with Crippen molar-refractivity contribution < 1.29 is 45.8 Å². The van der Waals surface area contributed by atoms with Gasteiger partial charge in [-0.05, 0) is 25.1 Å². The maximum Gasteiger partial charge on any atom is 0.471 e. The SMILES string of the molecule is C[C@H]1O[C@@](O)(O[Si](C)(C)C(C)(C)C)C[C@H](NC(=O)C(F)(F)F)[C@]1(O)S(C)(=O)=O. The summed E-state index contributed by atoms with van der Waals surface area (Å²) < 4.78 is 73.4. The first-order valence-electron chi connectivity index (χ1n) is 8.47. The molecule has 13 heteroatoms. The standard InChI is InChI=1S/C15H28F3NO7SSi/c1-9-14(22,27(5,23)24)10(19-11(20)15(16,17)18)8-13(21,25-9)26-28(6,7)12(2,3)4/h9-10,21-22H,8H2,1-7H3,(H,19,20)/t9-,10+,13-,14-/m1/s1. The number of hydrogen-bond donors (Lipinski definition) is 3. The zero-order valence-corrected chi connectivity index (χ0v) is 18.7. The number of sulfone groups is 1. The molecular weight excluding hydrogens is 423 g/mol. The van der Waals surface area contributed by atoms with Crippen molar-refractivity contribution in [2.75, 3.05) is 6.26 Å². The Morgan fingerprint density at radius 2 is 1.71 bits per heavy atom. The molecule has 28 heavy (non-hydrogen) atoms. The van der Waals surface area contributed by atoms with E-state index in [0.717, 1.165) is 6.92 Å². The number of ether oxygens (including phenoxy) is 1. The lowest BCUT2D eigenvalue weighted by molar-refractivity contribution is -0.379. The number of halogens is 3. The molecule has 166 valence electrons. The Balaban J connectivity index is 3.37. The van der Waals surface area contributed by atoms with Gasteiger partial charge in [0, 0.05) is 6.26 Å². The Morgan fingerprint density at radius 3 is 2.07 bits per heavy atom. The number of nitrogens with one attached hydrogen (secondary N) is 1. The molecule has 1 amide bonds. The maximum absolute atomic E-state index is 12.7. The second-order valence-electron chi connectivity index (χ2n) is 8.59. The second kappa shape index (κ2) is 7.20. The molecule has 0 radical (unpaired) electrons. The highest BCUT2D eigenvalue weighted by atomic mass is 32.2. The molecule has 1 fully saturated rings. The van der Waals surface area contributed by atoms with Gasteiger partial charge in [0.05, 0.1) is 12.5 Å². The first-order chi connectivity index (χ1) is 12.1. The number of carbonyl (C=O) groups is 1. The van der Waals surface area contributed by atoms with Crippen LogP contribution in [0.25, 0.3) is 0 Å². The number of rotatable bonds is 4. The van der Waals surface area contributed by atoms with Crippen LogP contribution in [0.4, 0.5) is 13.2 Å². The Hall–Kier alpha value is -0.733. The predicted molar refractivity (Wildman–Crippen MR) is 96.2 cm³/mol. The fourth-order valence-corrected chi connectivity index (χ4v) is 5.21. The van der Waals surface area contributed by atoms with Gasteiger partial charge in [-0.1, -0.05) is 20.8 Å². The van der Waals surface area contributed by atoms with Crippen LogP contribution in [-0.2, 0) is 23.8 Å². The van der Waals surface area contributed by atoms with E-state index in [-0.39, 0.29) is 0 Å². The highest BCUT2D eigenvalue weighted by Crippen LogP contribution is 2.44. The van der Waals surface area contributed by atoms with Crippen molar-refractivity contribution in [3.8, 4) is 0 Å². The van der Waals surface area contributed by atoms with Crippen molar-refractivity contribution in [1.82, 2.24) is 5.32 Å². The molecule has 1 heterocycles. The molecule has 0 unspecified atom stereocenters. The van der Waals surface area contributed by atoms with Crippen LogP contribution in [0.2, 0.25) is 18.1 Å². The van der Waals surface area contributed by atoms with E-state index in [1.165, 1.54) is 5.32 Å². The minimum atomic E-state index is -5.32. The van der Waals surface area contributed by atoms with Gasteiger partial charge in [-0.3, -0.25) is 4.79 Å². The van der Waals surface area contributed by atoms with Gasteiger partial charge in [-0.15, -0.1) is 0 Å². The molecule has 1 aliphatic rings. The molecular formula is C15H28F3NO7SSi. The summed E-state index contributed by atoms with van der Waals surface area (Å²) in [6, 6.07) is -2.03. The molecule has 0 aromatic heterocycles. The zero-order valence-electron chi connectivity index (χ0n) is 16.8. The molecule has 1 saturated heterocycles. The van der Waals surface area contributed by atoms with Crippen LogP contribution in [0.5, 0.6) is 0 Å². The summed E-state index contributed by atoms with van der Waals surface area (Å²) in [5, 5.41) is 22.5. The van der Waals surface area contributed by atoms with Crippen molar-refractivity contribution >= 4 is 24.1 Å². The summed E-state index contributed by atoms with van der Waals surface area (Å²) in [4.78, 5) is 8.51. The smallest absolute Gasteiger partial charge is 0.371 e. The van der Waals surface area contributed by atoms with E-state index < -0.39 is 64.7 Å². The molecule has 0 bridgehead atoms. The molecule has 0 saturated carbocycles. The summed E-state index contributed by atoms with van der Waals surface area (Å²) in [6.07, 6.45) is -7.35. The van der Waals surface area contributed by atoms with Crippen molar-refractivity contribution in [1.29, 1.82) is 0 Å². The summed E-state index contributed by atoms with van der Waals surface area (Å²) >= 11 is 0. The van der Waals surface area contributed by atoms with Crippen molar-refractivity contribution in [2.24, 2.45) is 0 Å². The average Bonchev–Trinajstić information content (AvgIpc) is 2.39. The van der Waals surface area contributed by atoms with E-state index in [9.17, 15) is 36.6 Å². The number of carbonyl (C=O) groups excluding carboxylic acids is 1. The lowest BCUT2D eigenvalue weighted by Gasteiger charge is -2.51. The minimum absolute atomic E-state index is 0.426. The fourth-order valence-electron chi connectivity index (χ4n) is 2.67. The van der Waals surface area contributed by atoms with Crippen LogP contribution < -0.4 is 5.32 Å². The Morgan fingerprint density at radius 1 is 1.25 bits per heavy atom. The summed E-state index contributed by atoms with van der Waals surface area (Å²) in [5.74, 6) is -4.95. The second-order valence-corrected chi connectivity index (χ2v) is 15.5. The van der Waals surface area contributed by atoms with Crippen LogP contribution in [0, 0.1) is 0 Å². The molecule has 1 aliphatic heterocycles. The highest BCUT2D eigenvalue weighted by Gasteiger charge is 2.62. The van der Waals surface area contributed by atoms with E-state index in [1.807, 2.05) is 20.8 Å². The van der Waals surface area contributed by atoms with Gasteiger partial charge in [-0.25, -0.2) is 8.42 Å². The van der Waals surface area contributed by atoms with Gasteiger partial charge >= 0.3 is 12.1 Å². The van der Waals surface area contributed by atoms with Gasteiger partial charge in [0.15, 0.2) is 18.2 Å². The first kappa shape index (κ1) is 25.3. The molecule has 0 aromatic carbocycles. The van der Waals surface area contributed by atoms with Crippen molar-refractivity contribution in [3.05, 3.63) is 0 Å². The molecule has 0 aliphatic carbocycles. The molecule has 4 atom stereocenters. The van der Waals surface area contributed by atoms with Gasteiger partial charge in [0.1, 0.15) is 6.10 Å². The third kappa shape index (κ3) is 4.87. The molecule has 1 rings (SSSR count). The first-order valence-corrected chi connectivity index (χ1v) is 13.3. The molecule has 0 aromatic rings. The van der Waals surface area contributed by atoms with Gasteiger partial charge < -0.3 is 24.7 Å². The van der Waals surface area contributed by atoms with E-state index in [0.29, 0.717) is 6.26 Å². The maximum atomic E-state index is 12.7. The molecule has 8 nitrogen and oxygen atoms in total. The van der Waals surface area contributed by atoms with Crippen molar-refractivity contribution in [2.45, 2.75) is 81.5 Å². The third-order valence-corrected chi connectivity index (χ3v) is 11.5. The molecule has 3 N–H and O–H groups in total. The zero-order chi connectivity index (χ0) is 22.6. The lowest BCUT2D eigenvalue weighted by Crippen LogP contribution is -2.72. The Kier molecular flexibility index (Phi) is 6.50. The summed E-state index contributed by atoms with van der Waals surface area (Å²) in [7, 11) is -7.18. The van der Waals surface area contributed by atoms with Gasteiger partial charge in [-0.2, -0.15) is 13.2 Å². The topological polar surface area (TPSA) is 122 Å². The largest absolute Gasteiger partial charge is 0.471 e. The van der Waals surface area contributed by atoms with Crippen LogP contribution >= 0.6 is 0 Å². The quantitative estimate of drug-likeness (QED) is 0.434. The summed E-state index contributed by atoms with van der Waals surface area (Å²) in [5.41, 5.74) is 0. The van der Waals surface area contributed by atoms with Crippen LogP contribution in [0.3, 0.4) is 0 Å². The fraction of sp³-hybridized carbons (Fsp3) is 0.933. The number of hydrogen-bond acceptors (Lipinski definition) is 7. The number of amides is 1. The molecule has 0 spiro atoms. The van der Waals surface area contributed by atoms with Crippen molar-refractivity contribution in [3.63, 3.8) is 0 Å². The van der Waals surface area contributed by atoms with Crippen LogP contribution in [0.1, 0.15) is 34.1 Å². The monoisotopic (exact) mass is 451 g/mol. The van der Waals surface area contributed by atoms with E-state index in [2.05, 4.69) is 0 Å². The van der Waals surface area contributed by atoms with E-state index in [1.54, 1.807) is 13.1 Å². The van der Waals surface area contributed by atoms with Gasteiger partial charge in [0.2, 0.25) is 4.93 Å². The average molecular weight is 452 g/mol. The Labute approximate surface area is 163 Å². The van der Waals surface area contributed by atoms with Crippen LogP contribution in [-0.4, -0.2) is 68.3 Å². The number of alkyl halides is 3. The minimum Gasteiger partial charge on any atom is -0.371 e. The van der Waals surface area contributed by atoms with E-state index >= 15 is 0 Å². The Bertz CT molecular complexity index is 722. The normalized spacial score (nSPS) is 32.9. The van der Waals surface area contributed by atoms with Gasteiger partial charge in [0.25, 0.3) is 5.97 Å². The highest BCUT2D eigenvalue weighted by molar-refractivity contribution is 7.92. The third-order valence-electron chi connectivity index (χ3n) is 5.28. The van der Waals surface area contributed by atoms with Crippen LogP contribution in [0.15, 0.2) is 0 Å². The lowest BCUT2D eigenvalue weighted by atomic mass is 9.97. The predicted octanol–water partition coefficient (Wildman–Crippen LogP) is 1.24. The summed E-state index contributed by atoms with van der Waals surface area (Å²) in [6.45, 7) is 10.0. The van der Waals surface area contributed by atoms with E-state index in [4.69, 9.17) is 9.16 Å². The number of aliphatic hydroxyl groups is 2.